The van der Waals surface area contributed by atoms with E-state index in [2.05, 4.69) is 49.6 Å². The summed E-state index contributed by atoms with van der Waals surface area (Å²) in [5.74, 6) is 1.42. The standard InChI is InChI=1S/C14H27N3/c1-11(2)8-6-7-9-14-10-15-16-17(14)13(5)12(3)4/h10-13H,6-9H2,1-5H3. The second-order valence-electron chi connectivity index (χ2n) is 5.79. The molecule has 0 bridgehead atoms. The Hall–Kier alpha value is -0.860. The Bertz CT molecular complexity index is 315. The van der Waals surface area contributed by atoms with E-state index in [1.807, 2.05) is 6.20 Å². The minimum absolute atomic E-state index is 0.442. The van der Waals surface area contributed by atoms with Gasteiger partial charge in [-0.2, -0.15) is 0 Å². The van der Waals surface area contributed by atoms with E-state index in [9.17, 15) is 0 Å². The summed E-state index contributed by atoms with van der Waals surface area (Å²) in [5.41, 5.74) is 1.29. The number of nitrogens with zero attached hydrogens (tertiary/aromatic N) is 3. The highest BCUT2D eigenvalue weighted by molar-refractivity contribution is 4.96. The summed E-state index contributed by atoms with van der Waals surface area (Å²) in [6.45, 7) is 11.3. The molecule has 0 amide bonds. The zero-order valence-electron chi connectivity index (χ0n) is 12.0. The van der Waals surface area contributed by atoms with Crippen LogP contribution < -0.4 is 0 Å². The van der Waals surface area contributed by atoms with Gasteiger partial charge in [0, 0.05) is 0 Å². The van der Waals surface area contributed by atoms with Crippen molar-refractivity contribution in [2.24, 2.45) is 11.8 Å². The first-order chi connectivity index (χ1) is 8.02. The van der Waals surface area contributed by atoms with Crippen LogP contribution in [0.4, 0.5) is 0 Å². The van der Waals surface area contributed by atoms with Gasteiger partial charge >= 0.3 is 0 Å². The van der Waals surface area contributed by atoms with Gasteiger partial charge in [-0.05, 0) is 31.6 Å². The van der Waals surface area contributed by atoms with Crippen molar-refractivity contribution in [3.63, 3.8) is 0 Å². The van der Waals surface area contributed by atoms with Crippen molar-refractivity contribution >= 4 is 0 Å². The first-order valence-corrected chi connectivity index (χ1v) is 6.91. The molecule has 0 aliphatic heterocycles. The lowest BCUT2D eigenvalue weighted by Gasteiger charge is -2.18. The van der Waals surface area contributed by atoms with Gasteiger partial charge in [0.05, 0.1) is 17.9 Å². The summed E-state index contributed by atoms with van der Waals surface area (Å²) in [7, 11) is 0. The van der Waals surface area contributed by atoms with Gasteiger partial charge in [-0.25, -0.2) is 4.68 Å². The van der Waals surface area contributed by atoms with Crippen molar-refractivity contribution < 1.29 is 0 Å². The van der Waals surface area contributed by atoms with E-state index in [-0.39, 0.29) is 0 Å². The Balaban J connectivity index is 2.46. The van der Waals surface area contributed by atoms with Crippen LogP contribution in [0.25, 0.3) is 0 Å². The summed E-state index contributed by atoms with van der Waals surface area (Å²) in [4.78, 5) is 0. The molecule has 0 spiro atoms. The fourth-order valence-corrected chi connectivity index (χ4v) is 1.93. The van der Waals surface area contributed by atoms with Gasteiger partial charge in [0.25, 0.3) is 0 Å². The minimum atomic E-state index is 0.442. The zero-order valence-corrected chi connectivity index (χ0v) is 12.0. The molecule has 3 nitrogen and oxygen atoms in total. The molecule has 98 valence electrons. The Labute approximate surface area is 106 Å². The molecule has 1 unspecified atom stereocenters. The number of hydrogen-bond donors (Lipinski definition) is 0. The largest absolute Gasteiger partial charge is 0.246 e. The molecule has 0 aromatic carbocycles. The smallest absolute Gasteiger partial charge is 0.0725 e. The number of rotatable bonds is 7. The third-order valence-corrected chi connectivity index (χ3v) is 3.46. The van der Waals surface area contributed by atoms with Crippen LogP contribution in [-0.4, -0.2) is 15.0 Å². The molecule has 3 heteroatoms. The normalized spacial score (nSPS) is 13.6. The average molecular weight is 237 g/mol. The highest BCUT2D eigenvalue weighted by Crippen LogP contribution is 2.18. The van der Waals surface area contributed by atoms with E-state index in [0.29, 0.717) is 12.0 Å². The first kappa shape index (κ1) is 14.2. The van der Waals surface area contributed by atoms with Crippen molar-refractivity contribution in [2.45, 2.75) is 66.3 Å². The number of aromatic nitrogens is 3. The zero-order chi connectivity index (χ0) is 12.8. The van der Waals surface area contributed by atoms with Crippen molar-refractivity contribution in [1.29, 1.82) is 0 Å². The predicted molar refractivity (Wildman–Crippen MR) is 72.0 cm³/mol. The van der Waals surface area contributed by atoms with E-state index in [4.69, 9.17) is 0 Å². The molecule has 0 N–H and O–H groups in total. The Kier molecular flexibility index (Phi) is 5.66. The van der Waals surface area contributed by atoms with Crippen LogP contribution in [-0.2, 0) is 6.42 Å². The van der Waals surface area contributed by atoms with Gasteiger partial charge < -0.3 is 0 Å². The molecular weight excluding hydrogens is 210 g/mol. The SMILES string of the molecule is CC(C)CCCCc1cnnn1C(C)C(C)C. The van der Waals surface area contributed by atoms with E-state index >= 15 is 0 Å². The monoisotopic (exact) mass is 237 g/mol. The second kappa shape index (κ2) is 6.77. The van der Waals surface area contributed by atoms with Crippen molar-refractivity contribution in [2.75, 3.05) is 0 Å². The number of hydrogen-bond acceptors (Lipinski definition) is 2. The molecule has 1 aromatic rings. The van der Waals surface area contributed by atoms with E-state index in [0.717, 1.165) is 12.3 Å². The molecule has 0 saturated carbocycles. The second-order valence-corrected chi connectivity index (χ2v) is 5.79. The van der Waals surface area contributed by atoms with Crippen LogP contribution in [0, 0.1) is 11.8 Å². The molecule has 0 radical (unpaired) electrons. The predicted octanol–water partition coefficient (Wildman–Crippen LogP) is 3.86. The summed E-state index contributed by atoms with van der Waals surface area (Å²) in [6.07, 6.45) is 6.90. The Morgan fingerprint density at radius 2 is 1.82 bits per heavy atom. The average Bonchev–Trinajstić information content (AvgIpc) is 2.71. The molecule has 0 aliphatic carbocycles. The van der Waals surface area contributed by atoms with E-state index < -0.39 is 0 Å². The summed E-state index contributed by atoms with van der Waals surface area (Å²) >= 11 is 0. The molecule has 1 aromatic heterocycles. The first-order valence-electron chi connectivity index (χ1n) is 6.91. The maximum Gasteiger partial charge on any atom is 0.0725 e. The topological polar surface area (TPSA) is 30.7 Å². The van der Waals surface area contributed by atoms with Gasteiger partial charge in [-0.1, -0.05) is 45.7 Å². The quantitative estimate of drug-likeness (QED) is 0.674. The minimum Gasteiger partial charge on any atom is -0.246 e. The number of aryl methyl sites for hydroxylation is 1. The van der Waals surface area contributed by atoms with Crippen molar-refractivity contribution in [3.05, 3.63) is 11.9 Å². The Morgan fingerprint density at radius 1 is 1.12 bits per heavy atom. The fourth-order valence-electron chi connectivity index (χ4n) is 1.93. The van der Waals surface area contributed by atoms with Crippen LogP contribution >= 0.6 is 0 Å². The summed E-state index contributed by atoms with van der Waals surface area (Å²) in [6, 6.07) is 0.442. The van der Waals surface area contributed by atoms with Gasteiger partial charge in [0.15, 0.2) is 0 Å². The lowest BCUT2D eigenvalue weighted by Crippen LogP contribution is -2.15. The van der Waals surface area contributed by atoms with Crippen LogP contribution in [0.3, 0.4) is 0 Å². The van der Waals surface area contributed by atoms with Gasteiger partial charge in [-0.15, -0.1) is 5.10 Å². The van der Waals surface area contributed by atoms with Crippen molar-refractivity contribution in [3.8, 4) is 0 Å². The third-order valence-electron chi connectivity index (χ3n) is 3.46. The molecule has 1 heterocycles. The molecule has 1 atom stereocenters. The highest BCUT2D eigenvalue weighted by atomic mass is 15.4. The maximum atomic E-state index is 4.22. The molecule has 17 heavy (non-hydrogen) atoms. The van der Waals surface area contributed by atoms with Crippen LogP contribution in [0.5, 0.6) is 0 Å². The van der Waals surface area contributed by atoms with Crippen LogP contribution in [0.15, 0.2) is 6.20 Å². The molecular formula is C14H27N3. The van der Waals surface area contributed by atoms with Crippen LogP contribution in [0.2, 0.25) is 0 Å². The van der Waals surface area contributed by atoms with E-state index in [1.54, 1.807) is 0 Å². The number of unbranched alkanes of at least 4 members (excludes halogenated alkanes) is 1. The van der Waals surface area contributed by atoms with Crippen molar-refractivity contribution in [1.82, 2.24) is 15.0 Å². The summed E-state index contributed by atoms with van der Waals surface area (Å²) in [5, 5.41) is 8.27. The van der Waals surface area contributed by atoms with Gasteiger partial charge in [0.1, 0.15) is 0 Å². The lowest BCUT2D eigenvalue weighted by atomic mass is 10.0. The lowest BCUT2D eigenvalue weighted by molar-refractivity contribution is 0.356. The summed E-state index contributed by atoms with van der Waals surface area (Å²) < 4.78 is 2.10. The Morgan fingerprint density at radius 3 is 2.41 bits per heavy atom. The fraction of sp³-hybridized carbons (Fsp3) is 0.857. The molecule has 1 rings (SSSR count). The van der Waals surface area contributed by atoms with Gasteiger partial charge in [0.2, 0.25) is 0 Å². The third kappa shape index (κ3) is 4.49. The molecule has 0 saturated heterocycles. The maximum absolute atomic E-state index is 4.22. The molecule has 0 fully saturated rings. The van der Waals surface area contributed by atoms with Crippen LogP contribution in [0.1, 0.15) is 65.6 Å². The molecule has 0 aliphatic rings. The highest BCUT2D eigenvalue weighted by Gasteiger charge is 2.14. The van der Waals surface area contributed by atoms with Gasteiger partial charge in [-0.3, -0.25) is 0 Å². The van der Waals surface area contributed by atoms with E-state index in [1.165, 1.54) is 25.0 Å².